The fourth-order valence-corrected chi connectivity index (χ4v) is 4.70. The van der Waals surface area contributed by atoms with Gasteiger partial charge < -0.3 is 19.7 Å². The van der Waals surface area contributed by atoms with E-state index in [2.05, 4.69) is 4.98 Å². The Morgan fingerprint density at radius 1 is 1.27 bits per heavy atom. The van der Waals surface area contributed by atoms with E-state index in [0.29, 0.717) is 41.7 Å². The number of benzene rings is 2. The molecule has 0 bridgehead atoms. The average Bonchev–Trinajstić information content (AvgIpc) is 3.14. The highest BCUT2D eigenvalue weighted by Gasteiger charge is 2.27. The Labute approximate surface area is 182 Å². The van der Waals surface area contributed by atoms with Crippen LogP contribution in [-0.4, -0.2) is 46.4 Å². The number of carbonyl (C=O) groups is 2. The molecule has 6 nitrogen and oxygen atoms in total. The van der Waals surface area contributed by atoms with Crippen molar-refractivity contribution in [2.24, 2.45) is 0 Å². The van der Waals surface area contributed by atoms with Crippen molar-refractivity contribution in [2.75, 3.05) is 19.8 Å². The van der Waals surface area contributed by atoms with Crippen molar-refractivity contribution in [3.05, 3.63) is 51.1 Å². The Bertz CT molecular complexity index is 1220. The number of rotatable bonds is 2. The SMILES string of the molecule is O=C1COc2cc(-c3cc(Cl)c(Cl)c4[nH]c5c(c34)CN(C(=O)CO)CC5)ccc2C1. The normalized spacial score (nSPS) is 15.7. The second kappa shape index (κ2) is 7.30. The van der Waals surface area contributed by atoms with E-state index in [1.165, 1.54) is 0 Å². The molecule has 2 N–H and O–H groups in total. The highest BCUT2D eigenvalue weighted by Crippen LogP contribution is 2.43. The van der Waals surface area contributed by atoms with Crippen LogP contribution >= 0.6 is 23.2 Å². The third kappa shape index (κ3) is 3.07. The number of ether oxygens (including phenoxy) is 1. The first-order valence-electron chi connectivity index (χ1n) is 9.64. The van der Waals surface area contributed by atoms with E-state index in [0.717, 1.165) is 38.9 Å². The van der Waals surface area contributed by atoms with Gasteiger partial charge in [-0.2, -0.15) is 0 Å². The van der Waals surface area contributed by atoms with E-state index in [9.17, 15) is 14.7 Å². The van der Waals surface area contributed by atoms with Gasteiger partial charge in [0, 0.05) is 48.1 Å². The van der Waals surface area contributed by atoms with Crippen molar-refractivity contribution in [1.29, 1.82) is 0 Å². The summed E-state index contributed by atoms with van der Waals surface area (Å²) in [6.45, 7) is 0.472. The van der Waals surface area contributed by atoms with E-state index in [-0.39, 0.29) is 18.3 Å². The van der Waals surface area contributed by atoms with Crippen molar-refractivity contribution in [1.82, 2.24) is 9.88 Å². The van der Waals surface area contributed by atoms with E-state index in [1.807, 2.05) is 24.3 Å². The van der Waals surface area contributed by atoms with Gasteiger partial charge in [0.1, 0.15) is 19.0 Å². The van der Waals surface area contributed by atoms with Gasteiger partial charge in [-0.15, -0.1) is 0 Å². The highest BCUT2D eigenvalue weighted by molar-refractivity contribution is 6.45. The molecule has 1 aromatic heterocycles. The van der Waals surface area contributed by atoms with Crippen LogP contribution in [0.25, 0.3) is 22.0 Å². The lowest BCUT2D eigenvalue weighted by Gasteiger charge is -2.27. The fourth-order valence-electron chi connectivity index (χ4n) is 4.30. The number of H-pyrrole nitrogens is 1. The second-order valence-corrected chi connectivity index (χ2v) is 8.39. The number of aromatic nitrogens is 1. The maximum atomic E-state index is 12.1. The van der Waals surface area contributed by atoms with E-state index in [1.54, 1.807) is 4.90 Å². The summed E-state index contributed by atoms with van der Waals surface area (Å²) in [6, 6.07) is 7.58. The van der Waals surface area contributed by atoms with Crippen molar-refractivity contribution < 1.29 is 19.4 Å². The number of nitrogens with zero attached hydrogens (tertiary/aromatic N) is 1. The topological polar surface area (TPSA) is 82.6 Å². The molecule has 0 fully saturated rings. The minimum atomic E-state index is -0.516. The zero-order valence-electron chi connectivity index (χ0n) is 15.9. The number of hydrogen-bond acceptors (Lipinski definition) is 4. The van der Waals surface area contributed by atoms with Crippen LogP contribution in [0.4, 0.5) is 0 Å². The van der Waals surface area contributed by atoms with E-state index in [4.69, 9.17) is 27.9 Å². The van der Waals surface area contributed by atoms with Crippen LogP contribution in [0.5, 0.6) is 5.75 Å². The summed E-state index contributed by atoms with van der Waals surface area (Å²) in [5.74, 6) is 0.441. The largest absolute Gasteiger partial charge is 0.486 e. The van der Waals surface area contributed by atoms with Gasteiger partial charge in [-0.3, -0.25) is 9.59 Å². The molecule has 0 spiro atoms. The molecule has 2 aliphatic heterocycles. The summed E-state index contributed by atoms with van der Waals surface area (Å²) in [4.78, 5) is 28.8. The number of carbonyl (C=O) groups excluding carboxylic acids is 2. The Morgan fingerprint density at radius 3 is 2.90 bits per heavy atom. The number of nitrogens with one attached hydrogen (secondary N) is 1. The molecule has 30 heavy (non-hydrogen) atoms. The number of Topliss-reactive ketones (excluding diaryl/α,β-unsaturated/α-hetero) is 1. The second-order valence-electron chi connectivity index (χ2n) is 7.60. The zero-order chi connectivity index (χ0) is 21.0. The fraction of sp³-hybridized carbons (Fsp3) is 0.273. The summed E-state index contributed by atoms with van der Waals surface area (Å²) in [7, 11) is 0. The molecule has 0 aliphatic carbocycles. The smallest absolute Gasteiger partial charge is 0.248 e. The molecule has 0 radical (unpaired) electrons. The van der Waals surface area contributed by atoms with Gasteiger partial charge in [-0.05, 0) is 23.3 Å². The van der Waals surface area contributed by atoms with Crippen molar-refractivity contribution in [2.45, 2.75) is 19.4 Å². The van der Waals surface area contributed by atoms with Crippen LogP contribution in [0.15, 0.2) is 24.3 Å². The highest BCUT2D eigenvalue weighted by atomic mass is 35.5. The van der Waals surface area contributed by atoms with Crippen LogP contribution in [0, 0.1) is 0 Å². The number of fused-ring (bicyclic) bond motifs is 4. The van der Waals surface area contributed by atoms with Gasteiger partial charge >= 0.3 is 0 Å². The molecule has 3 heterocycles. The van der Waals surface area contributed by atoms with Gasteiger partial charge in [-0.1, -0.05) is 35.3 Å². The van der Waals surface area contributed by atoms with E-state index < -0.39 is 6.61 Å². The first-order valence-corrected chi connectivity index (χ1v) is 10.4. The number of amides is 1. The monoisotopic (exact) mass is 444 g/mol. The van der Waals surface area contributed by atoms with Crippen molar-refractivity contribution in [3.63, 3.8) is 0 Å². The molecule has 0 saturated carbocycles. The van der Waals surface area contributed by atoms with Gasteiger partial charge in [-0.25, -0.2) is 0 Å². The standard InChI is InChI=1S/C22H18Cl2N2O4/c23-16-7-14(11-1-2-12-5-13(28)10-30-18(12)6-11)20-15-8-26(19(29)9-27)4-3-17(15)25-22(20)21(16)24/h1-2,6-7,25,27H,3-5,8-10H2. The quantitative estimate of drug-likeness (QED) is 0.633. The molecule has 0 saturated heterocycles. The Morgan fingerprint density at radius 2 is 2.10 bits per heavy atom. The number of aromatic amines is 1. The lowest BCUT2D eigenvalue weighted by molar-refractivity contribution is -0.135. The average molecular weight is 445 g/mol. The summed E-state index contributed by atoms with van der Waals surface area (Å²) in [6.07, 6.45) is 1.00. The zero-order valence-corrected chi connectivity index (χ0v) is 17.4. The van der Waals surface area contributed by atoms with Crippen LogP contribution < -0.4 is 4.74 Å². The number of aliphatic hydroxyl groups excluding tert-OH is 1. The number of hydrogen-bond donors (Lipinski definition) is 2. The maximum Gasteiger partial charge on any atom is 0.248 e. The predicted molar refractivity (Wildman–Crippen MR) is 114 cm³/mol. The molecule has 1 amide bonds. The van der Waals surface area contributed by atoms with Gasteiger partial charge in [0.15, 0.2) is 5.78 Å². The molecule has 2 aromatic carbocycles. The molecule has 2 aliphatic rings. The minimum absolute atomic E-state index is 0.0560. The van der Waals surface area contributed by atoms with Crippen molar-refractivity contribution >= 4 is 45.8 Å². The van der Waals surface area contributed by atoms with Crippen LogP contribution in [-0.2, 0) is 29.0 Å². The van der Waals surface area contributed by atoms with Gasteiger partial charge in [0.25, 0.3) is 0 Å². The molecule has 0 unspecified atom stereocenters. The first kappa shape index (κ1) is 19.4. The minimum Gasteiger partial charge on any atom is -0.486 e. The van der Waals surface area contributed by atoms with Crippen molar-refractivity contribution in [3.8, 4) is 16.9 Å². The Hall–Kier alpha value is -2.54. The molecule has 5 rings (SSSR count). The molecular weight excluding hydrogens is 427 g/mol. The maximum absolute atomic E-state index is 12.1. The number of halogens is 2. The molecular formula is C22H18Cl2N2O4. The predicted octanol–water partition coefficient (Wildman–Crippen LogP) is 3.52. The Balaban J connectivity index is 1.69. The number of aliphatic hydroxyl groups is 1. The third-order valence-corrected chi connectivity index (χ3v) is 6.57. The van der Waals surface area contributed by atoms with Gasteiger partial charge in [0.05, 0.1) is 15.6 Å². The van der Waals surface area contributed by atoms with Gasteiger partial charge in [0.2, 0.25) is 5.91 Å². The number of ketones is 1. The lowest BCUT2D eigenvalue weighted by atomic mass is 9.94. The Kier molecular flexibility index (Phi) is 4.73. The molecule has 3 aromatic rings. The lowest BCUT2D eigenvalue weighted by Crippen LogP contribution is -2.37. The summed E-state index contributed by atoms with van der Waals surface area (Å²) in [5.41, 5.74) is 5.34. The van der Waals surface area contributed by atoms with Crippen LogP contribution in [0.1, 0.15) is 16.8 Å². The van der Waals surface area contributed by atoms with Crippen LogP contribution in [0.3, 0.4) is 0 Å². The summed E-state index contributed by atoms with van der Waals surface area (Å²) < 4.78 is 5.62. The molecule has 0 atom stereocenters. The van der Waals surface area contributed by atoms with E-state index >= 15 is 0 Å². The summed E-state index contributed by atoms with van der Waals surface area (Å²) >= 11 is 13.0. The third-order valence-electron chi connectivity index (χ3n) is 5.78. The molecule has 154 valence electrons. The summed E-state index contributed by atoms with van der Waals surface area (Å²) in [5, 5.41) is 11.0. The molecule has 8 heteroatoms. The van der Waals surface area contributed by atoms with Crippen LogP contribution in [0.2, 0.25) is 10.0 Å². The first-order chi connectivity index (χ1) is 14.5.